The van der Waals surface area contributed by atoms with E-state index in [0.717, 1.165) is 63.2 Å². The Morgan fingerprint density at radius 3 is 2.61 bits per heavy atom. The highest BCUT2D eigenvalue weighted by Crippen LogP contribution is 2.38. The molecule has 1 unspecified atom stereocenters. The summed E-state index contributed by atoms with van der Waals surface area (Å²) in [5, 5.41) is 0.781. The molecule has 4 aromatic rings. The van der Waals surface area contributed by atoms with Gasteiger partial charge in [0.25, 0.3) is 0 Å². The molecule has 2 aliphatic rings. The number of rotatable bonds is 7. The highest BCUT2D eigenvalue weighted by atomic mass is 35.5. The maximum Gasteiger partial charge on any atom is 0.227 e. The molecule has 0 bridgehead atoms. The Balaban J connectivity index is 1.20. The normalized spacial score (nSPS) is 16.9. The maximum absolute atomic E-state index is 13.1. The number of imidazole rings is 1. The van der Waals surface area contributed by atoms with E-state index < -0.39 is 0 Å². The van der Waals surface area contributed by atoms with Crippen LogP contribution in [0.1, 0.15) is 35.7 Å². The number of ether oxygens (including phenoxy) is 3. The number of carbonyl (C=O) groups is 1. The van der Waals surface area contributed by atoms with Crippen LogP contribution in [0, 0.1) is 13.8 Å². The molecule has 6 rings (SSSR count). The first-order valence-electron chi connectivity index (χ1n) is 13.0. The first-order chi connectivity index (χ1) is 18.5. The number of para-hydroxylation sites is 2. The number of hydrogen-bond donors (Lipinski definition) is 0. The van der Waals surface area contributed by atoms with Crippen LogP contribution in [0.25, 0.3) is 11.0 Å². The molecule has 7 nitrogen and oxygen atoms in total. The van der Waals surface area contributed by atoms with E-state index in [4.69, 9.17) is 30.8 Å². The Morgan fingerprint density at radius 2 is 1.79 bits per heavy atom. The second-order valence-corrected chi connectivity index (χ2v) is 10.3. The molecule has 8 heteroatoms. The number of aryl methyl sites for hydroxylation is 3. The first-order valence-corrected chi connectivity index (χ1v) is 13.4. The Kier molecular flexibility index (Phi) is 6.62. The van der Waals surface area contributed by atoms with E-state index in [1.807, 2.05) is 67.3 Å². The third kappa shape index (κ3) is 4.67. The largest absolute Gasteiger partial charge is 0.494 e. The van der Waals surface area contributed by atoms with Crippen molar-refractivity contribution in [1.29, 1.82) is 0 Å². The van der Waals surface area contributed by atoms with Crippen molar-refractivity contribution in [2.45, 2.75) is 39.2 Å². The van der Waals surface area contributed by atoms with Gasteiger partial charge < -0.3 is 23.7 Å². The van der Waals surface area contributed by atoms with Crippen molar-refractivity contribution >= 4 is 34.2 Å². The predicted octanol–water partition coefficient (Wildman–Crippen LogP) is 6.07. The van der Waals surface area contributed by atoms with E-state index in [0.29, 0.717) is 38.5 Å². The molecular formula is C30H30ClN3O4. The Hall–Kier alpha value is -3.71. The summed E-state index contributed by atoms with van der Waals surface area (Å²) in [4.78, 5) is 20.0. The summed E-state index contributed by atoms with van der Waals surface area (Å²) < 4.78 is 19.7. The quantitative estimate of drug-likeness (QED) is 0.271. The summed E-state index contributed by atoms with van der Waals surface area (Å²) in [6, 6.07) is 17.8. The van der Waals surface area contributed by atoms with Gasteiger partial charge in [0, 0.05) is 42.2 Å². The molecule has 1 atom stereocenters. The average Bonchev–Trinajstić information content (AvgIpc) is 3.49. The number of fused-ring (bicyclic) bond motifs is 2. The standard InChI is InChI=1S/C30H30ClN3O4/c1-19-14-23(15-20(2)29(19)31)36-11-5-10-33-25-7-4-3-6-24(25)32-30(33)21-16-28(35)34(18-21)22-8-9-26-27(17-22)38-13-12-37-26/h3-4,6-9,14-15,17,21H,5,10-13,16,18H2,1-2H3. The van der Waals surface area contributed by atoms with E-state index >= 15 is 0 Å². The van der Waals surface area contributed by atoms with Gasteiger partial charge in [0.05, 0.1) is 17.6 Å². The lowest BCUT2D eigenvalue weighted by Gasteiger charge is -2.22. The fourth-order valence-corrected chi connectivity index (χ4v) is 5.48. The predicted molar refractivity (Wildman–Crippen MR) is 148 cm³/mol. The molecular weight excluding hydrogens is 502 g/mol. The number of carbonyl (C=O) groups excluding carboxylic acids is 1. The summed E-state index contributed by atoms with van der Waals surface area (Å²) >= 11 is 6.30. The third-order valence-corrected chi connectivity index (χ3v) is 7.81. The van der Waals surface area contributed by atoms with Crippen molar-refractivity contribution in [2.24, 2.45) is 0 Å². The summed E-state index contributed by atoms with van der Waals surface area (Å²) in [5.41, 5.74) is 4.87. The van der Waals surface area contributed by atoms with Gasteiger partial charge in [0.15, 0.2) is 11.5 Å². The van der Waals surface area contributed by atoms with Gasteiger partial charge in [-0.3, -0.25) is 4.79 Å². The molecule has 1 saturated heterocycles. The number of anilines is 1. The Bertz CT molecular complexity index is 1490. The van der Waals surface area contributed by atoms with Crippen LogP contribution in [0.15, 0.2) is 54.6 Å². The van der Waals surface area contributed by atoms with Crippen molar-refractivity contribution in [3.8, 4) is 17.2 Å². The van der Waals surface area contributed by atoms with Crippen LogP contribution >= 0.6 is 11.6 Å². The molecule has 1 fully saturated rings. The summed E-state index contributed by atoms with van der Waals surface area (Å²) in [6.07, 6.45) is 1.22. The Morgan fingerprint density at radius 1 is 1.03 bits per heavy atom. The van der Waals surface area contributed by atoms with Crippen LogP contribution in [-0.4, -0.2) is 41.8 Å². The van der Waals surface area contributed by atoms with Crippen molar-refractivity contribution in [2.75, 3.05) is 31.3 Å². The molecule has 0 radical (unpaired) electrons. The zero-order chi connectivity index (χ0) is 26.2. The van der Waals surface area contributed by atoms with Crippen molar-refractivity contribution in [3.05, 3.63) is 76.6 Å². The van der Waals surface area contributed by atoms with Gasteiger partial charge in [-0.2, -0.15) is 0 Å². The SMILES string of the molecule is Cc1cc(OCCCn2c(C3CC(=O)N(c4ccc5c(c4)OCCO5)C3)nc3ccccc32)cc(C)c1Cl. The lowest BCUT2D eigenvalue weighted by Crippen LogP contribution is -2.25. The Labute approximate surface area is 226 Å². The number of hydrogen-bond acceptors (Lipinski definition) is 5. The molecule has 0 spiro atoms. The van der Waals surface area contributed by atoms with Crippen LogP contribution in [-0.2, 0) is 11.3 Å². The number of halogens is 1. The second-order valence-electron chi connectivity index (χ2n) is 9.92. The number of amides is 1. The van der Waals surface area contributed by atoms with Crippen molar-refractivity contribution < 1.29 is 19.0 Å². The van der Waals surface area contributed by atoms with Crippen LogP contribution in [0.4, 0.5) is 5.69 Å². The number of benzene rings is 3. The molecule has 3 heterocycles. The molecule has 0 N–H and O–H groups in total. The van der Waals surface area contributed by atoms with Gasteiger partial charge in [-0.25, -0.2) is 4.98 Å². The minimum absolute atomic E-state index is 0.00872. The smallest absolute Gasteiger partial charge is 0.227 e. The van der Waals surface area contributed by atoms with Crippen LogP contribution < -0.4 is 19.1 Å². The molecule has 2 aliphatic heterocycles. The van der Waals surface area contributed by atoms with E-state index in [2.05, 4.69) is 10.6 Å². The van der Waals surface area contributed by atoms with Gasteiger partial charge in [0.1, 0.15) is 24.8 Å². The van der Waals surface area contributed by atoms with Crippen molar-refractivity contribution in [3.63, 3.8) is 0 Å². The first kappa shape index (κ1) is 24.6. The van der Waals surface area contributed by atoms with Gasteiger partial charge in [-0.1, -0.05) is 23.7 Å². The number of aromatic nitrogens is 2. The van der Waals surface area contributed by atoms with Gasteiger partial charge >= 0.3 is 0 Å². The van der Waals surface area contributed by atoms with Crippen LogP contribution in [0.5, 0.6) is 17.2 Å². The third-order valence-electron chi connectivity index (χ3n) is 7.22. The van der Waals surface area contributed by atoms with Crippen LogP contribution in [0.3, 0.4) is 0 Å². The molecule has 196 valence electrons. The highest BCUT2D eigenvalue weighted by Gasteiger charge is 2.35. The van der Waals surface area contributed by atoms with E-state index in [1.165, 1.54) is 0 Å². The topological polar surface area (TPSA) is 65.8 Å². The fourth-order valence-electron chi connectivity index (χ4n) is 5.37. The summed E-state index contributed by atoms with van der Waals surface area (Å²) in [6.45, 7) is 6.92. The average molecular weight is 532 g/mol. The molecule has 0 aliphatic carbocycles. The molecule has 3 aromatic carbocycles. The fraction of sp³-hybridized carbons (Fsp3) is 0.333. The number of nitrogens with zero attached hydrogens (tertiary/aromatic N) is 3. The summed E-state index contributed by atoms with van der Waals surface area (Å²) in [7, 11) is 0. The van der Waals surface area contributed by atoms with E-state index in [1.54, 1.807) is 0 Å². The highest BCUT2D eigenvalue weighted by molar-refractivity contribution is 6.32. The monoisotopic (exact) mass is 531 g/mol. The summed E-state index contributed by atoms with van der Waals surface area (Å²) in [5.74, 6) is 3.25. The molecule has 1 amide bonds. The lowest BCUT2D eigenvalue weighted by molar-refractivity contribution is -0.117. The van der Waals surface area contributed by atoms with Gasteiger partial charge in [0.2, 0.25) is 5.91 Å². The van der Waals surface area contributed by atoms with Crippen LogP contribution in [0.2, 0.25) is 5.02 Å². The van der Waals surface area contributed by atoms with E-state index in [-0.39, 0.29) is 11.8 Å². The van der Waals surface area contributed by atoms with E-state index in [9.17, 15) is 4.79 Å². The maximum atomic E-state index is 13.1. The van der Waals surface area contributed by atoms with Gasteiger partial charge in [-0.05, 0) is 67.8 Å². The molecule has 0 saturated carbocycles. The van der Waals surface area contributed by atoms with Crippen molar-refractivity contribution in [1.82, 2.24) is 9.55 Å². The second kappa shape index (κ2) is 10.2. The zero-order valence-corrected chi connectivity index (χ0v) is 22.3. The minimum atomic E-state index is -0.00872. The minimum Gasteiger partial charge on any atom is -0.494 e. The zero-order valence-electron chi connectivity index (χ0n) is 21.6. The van der Waals surface area contributed by atoms with Gasteiger partial charge in [-0.15, -0.1) is 0 Å². The molecule has 38 heavy (non-hydrogen) atoms. The molecule has 1 aromatic heterocycles. The lowest BCUT2D eigenvalue weighted by atomic mass is 10.1.